The summed E-state index contributed by atoms with van der Waals surface area (Å²) >= 11 is 3.32. The second kappa shape index (κ2) is 4.72. The van der Waals surface area contributed by atoms with Crippen molar-refractivity contribution in [2.24, 2.45) is 0 Å². The molecule has 0 bridgehead atoms. The van der Waals surface area contributed by atoms with Gasteiger partial charge in [0.1, 0.15) is 5.82 Å². The van der Waals surface area contributed by atoms with Gasteiger partial charge in [0.15, 0.2) is 0 Å². The maximum absolute atomic E-state index is 13.4. The molecule has 0 atom stereocenters. The maximum atomic E-state index is 13.4. The molecule has 0 amide bonds. The Hall–Kier alpha value is -2.21. The third kappa shape index (κ3) is 2.08. The second-order valence-electron chi connectivity index (χ2n) is 4.24. The Balaban J connectivity index is 2.49. The van der Waals surface area contributed by atoms with Crippen molar-refractivity contribution in [1.29, 1.82) is 0 Å². The van der Waals surface area contributed by atoms with E-state index in [0.717, 1.165) is 4.47 Å². The Labute approximate surface area is 120 Å². The summed E-state index contributed by atoms with van der Waals surface area (Å²) in [5.74, 6) is -0.508. The number of aromatic amines is 1. The summed E-state index contributed by atoms with van der Waals surface area (Å²) in [6.45, 7) is 0. The summed E-state index contributed by atoms with van der Waals surface area (Å²) in [4.78, 5) is 26.0. The third-order valence-corrected chi connectivity index (χ3v) is 3.43. The van der Waals surface area contributed by atoms with Gasteiger partial charge in [-0.1, -0.05) is 22.0 Å². The highest BCUT2D eigenvalue weighted by Gasteiger charge is 2.10. The summed E-state index contributed by atoms with van der Waals surface area (Å²) in [6, 6.07) is 10.7. The molecule has 0 saturated carbocycles. The molecule has 0 unspecified atom stereocenters. The first-order valence-corrected chi connectivity index (χ1v) is 6.56. The molecule has 4 nitrogen and oxygen atoms in total. The number of hydrogen-bond donors (Lipinski definition) is 1. The largest absolute Gasteiger partial charge is 0.333 e. The van der Waals surface area contributed by atoms with E-state index in [1.165, 1.54) is 22.8 Å². The first-order chi connectivity index (χ1) is 9.56. The standard InChI is InChI=1S/C14H8BrFN2O2/c15-8-2-1-3-10(6-8)18-12-7-9(16)4-5-11(12)13(19)17-14(18)20/h1-7H,(H,17,19,20). The summed E-state index contributed by atoms with van der Waals surface area (Å²) in [7, 11) is 0. The quantitative estimate of drug-likeness (QED) is 0.743. The van der Waals surface area contributed by atoms with E-state index >= 15 is 0 Å². The van der Waals surface area contributed by atoms with Crippen molar-refractivity contribution >= 4 is 26.8 Å². The van der Waals surface area contributed by atoms with Gasteiger partial charge in [0.2, 0.25) is 0 Å². The zero-order chi connectivity index (χ0) is 14.3. The molecule has 0 spiro atoms. The third-order valence-electron chi connectivity index (χ3n) is 2.94. The fourth-order valence-corrected chi connectivity index (χ4v) is 2.47. The number of fused-ring (bicyclic) bond motifs is 1. The van der Waals surface area contributed by atoms with Crippen LogP contribution in [-0.2, 0) is 0 Å². The number of benzene rings is 2. The minimum absolute atomic E-state index is 0.233. The molecular weight excluding hydrogens is 327 g/mol. The van der Waals surface area contributed by atoms with Crippen LogP contribution in [0.1, 0.15) is 0 Å². The van der Waals surface area contributed by atoms with Gasteiger partial charge >= 0.3 is 5.69 Å². The Morgan fingerprint density at radius 1 is 1.10 bits per heavy atom. The van der Waals surface area contributed by atoms with Gasteiger partial charge in [0.25, 0.3) is 5.56 Å². The zero-order valence-electron chi connectivity index (χ0n) is 10.1. The number of nitrogens with one attached hydrogen (secondary N) is 1. The Morgan fingerprint density at radius 2 is 1.90 bits per heavy atom. The van der Waals surface area contributed by atoms with E-state index in [0.29, 0.717) is 5.69 Å². The fraction of sp³-hybridized carbons (Fsp3) is 0. The molecule has 0 radical (unpaired) electrons. The van der Waals surface area contributed by atoms with Crippen molar-refractivity contribution in [2.45, 2.75) is 0 Å². The number of rotatable bonds is 1. The van der Waals surface area contributed by atoms with Gasteiger partial charge in [0.05, 0.1) is 16.6 Å². The van der Waals surface area contributed by atoms with Crippen molar-refractivity contribution in [3.8, 4) is 5.69 Å². The van der Waals surface area contributed by atoms with E-state index in [9.17, 15) is 14.0 Å². The average molecular weight is 335 g/mol. The van der Waals surface area contributed by atoms with Crippen molar-refractivity contribution < 1.29 is 4.39 Å². The van der Waals surface area contributed by atoms with Gasteiger partial charge in [-0.15, -0.1) is 0 Å². The molecule has 0 saturated heterocycles. The van der Waals surface area contributed by atoms with E-state index in [2.05, 4.69) is 20.9 Å². The SMILES string of the molecule is O=c1[nH]c(=O)n(-c2cccc(Br)c2)c2cc(F)ccc12. The molecule has 0 aliphatic heterocycles. The number of hydrogen-bond acceptors (Lipinski definition) is 2. The number of halogens is 2. The second-order valence-corrected chi connectivity index (χ2v) is 5.15. The molecule has 6 heteroatoms. The summed E-state index contributed by atoms with van der Waals surface area (Å²) < 4.78 is 15.5. The highest BCUT2D eigenvalue weighted by molar-refractivity contribution is 9.10. The van der Waals surface area contributed by atoms with Crippen LogP contribution in [0.25, 0.3) is 16.6 Å². The molecule has 0 aliphatic carbocycles. The van der Waals surface area contributed by atoms with Crippen LogP contribution in [0, 0.1) is 5.82 Å². The lowest BCUT2D eigenvalue weighted by atomic mass is 10.2. The van der Waals surface area contributed by atoms with E-state index in [1.54, 1.807) is 18.2 Å². The predicted octanol–water partition coefficient (Wildman–Crippen LogP) is 2.58. The lowest BCUT2D eigenvalue weighted by Crippen LogP contribution is -2.29. The van der Waals surface area contributed by atoms with Crippen LogP contribution in [0.5, 0.6) is 0 Å². The normalized spacial score (nSPS) is 10.9. The number of aromatic nitrogens is 2. The van der Waals surface area contributed by atoms with Crippen LogP contribution >= 0.6 is 15.9 Å². The van der Waals surface area contributed by atoms with Crippen molar-refractivity contribution in [3.63, 3.8) is 0 Å². The molecule has 0 aliphatic rings. The molecule has 2 aromatic carbocycles. The monoisotopic (exact) mass is 334 g/mol. The highest BCUT2D eigenvalue weighted by atomic mass is 79.9. The van der Waals surface area contributed by atoms with Crippen molar-refractivity contribution in [3.05, 3.63) is 73.6 Å². The maximum Gasteiger partial charge on any atom is 0.333 e. The van der Waals surface area contributed by atoms with Crippen LogP contribution in [0.3, 0.4) is 0 Å². The van der Waals surface area contributed by atoms with Gasteiger partial charge in [-0.3, -0.25) is 14.3 Å². The lowest BCUT2D eigenvalue weighted by molar-refractivity contribution is 0.628. The smallest absolute Gasteiger partial charge is 0.273 e. The van der Waals surface area contributed by atoms with Crippen molar-refractivity contribution in [1.82, 2.24) is 9.55 Å². The fourth-order valence-electron chi connectivity index (χ4n) is 2.08. The summed E-state index contributed by atoms with van der Waals surface area (Å²) in [5.41, 5.74) is -0.365. The molecule has 1 aromatic heterocycles. The van der Waals surface area contributed by atoms with Gasteiger partial charge in [0, 0.05) is 4.47 Å². The van der Waals surface area contributed by atoms with Gasteiger partial charge in [-0.05, 0) is 36.4 Å². The molecule has 3 aromatic rings. The Bertz CT molecular complexity index is 930. The lowest BCUT2D eigenvalue weighted by Gasteiger charge is -2.09. The van der Waals surface area contributed by atoms with Crippen LogP contribution in [0.4, 0.5) is 4.39 Å². The van der Waals surface area contributed by atoms with Gasteiger partial charge in [-0.25, -0.2) is 9.18 Å². The molecule has 20 heavy (non-hydrogen) atoms. The Kier molecular flexibility index (Phi) is 3.02. The molecule has 1 heterocycles. The number of nitrogens with zero attached hydrogens (tertiary/aromatic N) is 1. The zero-order valence-corrected chi connectivity index (χ0v) is 11.6. The van der Waals surface area contributed by atoms with E-state index in [4.69, 9.17) is 0 Å². The number of H-pyrrole nitrogens is 1. The van der Waals surface area contributed by atoms with Crippen LogP contribution < -0.4 is 11.2 Å². The van der Waals surface area contributed by atoms with E-state index in [1.807, 2.05) is 6.07 Å². The Morgan fingerprint density at radius 3 is 2.65 bits per heavy atom. The minimum atomic E-state index is -0.605. The first kappa shape index (κ1) is 12.8. The minimum Gasteiger partial charge on any atom is -0.273 e. The molecular formula is C14H8BrFN2O2. The molecule has 3 rings (SSSR count). The molecule has 0 fully saturated rings. The van der Waals surface area contributed by atoms with Crippen molar-refractivity contribution in [2.75, 3.05) is 0 Å². The first-order valence-electron chi connectivity index (χ1n) is 5.77. The summed E-state index contributed by atoms with van der Waals surface area (Å²) in [5, 5.41) is 0.256. The van der Waals surface area contributed by atoms with E-state index < -0.39 is 17.1 Å². The average Bonchev–Trinajstić information content (AvgIpc) is 2.38. The molecule has 100 valence electrons. The van der Waals surface area contributed by atoms with Gasteiger partial charge < -0.3 is 0 Å². The van der Waals surface area contributed by atoms with Gasteiger partial charge in [-0.2, -0.15) is 0 Å². The highest BCUT2D eigenvalue weighted by Crippen LogP contribution is 2.18. The summed E-state index contributed by atoms with van der Waals surface area (Å²) in [6.07, 6.45) is 0. The molecule has 1 N–H and O–H groups in total. The van der Waals surface area contributed by atoms with Crippen LogP contribution in [-0.4, -0.2) is 9.55 Å². The van der Waals surface area contributed by atoms with Crippen LogP contribution in [0.15, 0.2) is 56.5 Å². The predicted molar refractivity (Wildman–Crippen MR) is 77.8 cm³/mol. The topological polar surface area (TPSA) is 54.9 Å². The van der Waals surface area contributed by atoms with Crippen LogP contribution in [0.2, 0.25) is 0 Å². The van der Waals surface area contributed by atoms with E-state index in [-0.39, 0.29) is 10.9 Å².